The molecule has 0 unspecified atom stereocenters. The number of carbonyl (C=O) groups excluding carboxylic acids is 2. The lowest BCUT2D eigenvalue weighted by Gasteiger charge is -2.37. The Kier molecular flexibility index (Phi) is 7.59. The fourth-order valence-electron chi connectivity index (χ4n) is 2.97. The molecule has 158 valence electrons. The Morgan fingerprint density at radius 3 is 2.76 bits per heavy atom. The van der Waals surface area contributed by atoms with E-state index in [1.165, 1.54) is 13.1 Å². The minimum Gasteiger partial charge on any atom is -0.472 e. The Morgan fingerprint density at radius 1 is 1.48 bits per heavy atom. The fraction of sp³-hybridized carbons (Fsp3) is 0.571. The number of fused-ring (bicyclic) bond motifs is 1. The zero-order valence-electron chi connectivity index (χ0n) is 17.5. The van der Waals surface area contributed by atoms with Crippen LogP contribution in [0.1, 0.15) is 43.6 Å². The number of aromatic nitrogens is 1. The standard InChI is InChI=1S/C21H29N3O5/c1-13-10-24(14(2)12-25)21(28)18-8-17(7-6-15(3)26)9-22-20(18)29-19(13)11-23(5)16(4)27/h8-9,13-15,19,25-26H,10-12H2,1-5H3/t13-,14+,15-,19+/m0/s1. The van der Waals surface area contributed by atoms with Gasteiger partial charge < -0.3 is 24.7 Å². The number of likely N-dealkylation sites (N-methyl/N-ethyl adjacent to an activating group) is 1. The van der Waals surface area contributed by atoms with Gasteiger partial charge in [0.15, 0.2) is 0 Å². The van der Waals surface area contributed by atoms with Crippen molar-refractivity contribution >= 4 is 11.8 Å². The molecule has 0 aromatic carbocycles. The zero-order valence-corrected chi connectivity index (χ0v) is 17.5. The van der Waals surface area contributed by atoms with E-state index in [4.69, 9.17) is 4.74 Å². The van der Waals surface area contributed by atoms with Gasteiger partial charge in [-0.3, -0.25) is 9.59 Å². The van der Waals surface area contributed by atoms with Crippen LogP contribution in [0, 0.1) is 17.8 Å². The van der Waals surface area contributed by atoms with Gasteiger partial charge in [-0.2, -0.15) is 0 Å². The smallest absolute Gasteiger partial charge is 0.259 e. The molecule has 29 heavy (non-hydrogen) atoms. The van der Waals surface area contributed by atoms with Gasteiger partial charge in [-0.15, -0.1) is 0 Å². The van der Waals surface area contributed by atoms with Crippen LogP contribution in [0.3, 0.4) is 0 Å². The summed E-state index contributed by atoms with van der Waals surface area (Å²) in [7, 11) is 1.69. The molecule has 2 rings (SSSR count). The van der Waals surface area contributed by atoms with Crippen molar-refractivity contribution in [2.45, 2.75) is 45.9 Å². The predicted molar refractivity (Wildman–Crippen MR) is 107 cm³/mol. The second-order valence-corrected chi connectivity index (χ2v) is 7.54. The van der Waals surface area contributed by atoms with Crippen LogP contribution in [-0.2, 0) is 4.79 Å². The lowest BCUT2D eigenvalue weighted by Crippen LogP contribution is -2.50. The van der Waals surface area contributed by atoms with Crippen LogP contribution in [0.25, 0.3) is 0 Å². The molecule has 2 heterocycles. The van der Waals surface area contributed by atoms with Gasteiger partial charge in [0.25, 0.3) is 5.91 Å². The van der Waals surface area contributed by atoms with Crippen molar-refractivity contribution in [2.75, 3.05) is 26.7 Å². The zero-order chi connectivity index (χ0) is 21.7. The molecular formula is C21H29N3O5. The van der Waals surface area contributed by atoms with Gasteiger partial charge in [0.2, 0.25) is 11.8 Å². The highest BCUT2D eigenvalue weighted by Gasteiger charge is 2.34. The number of hydrogen-bond acceptors (Lipinski definition) is 6. The summed E-state index contributed by atoms with van der Waals surface area (Å²) in [5, 5.41) is 19.0. The molecule has 1 aliphatic rings. The number of hydrogen-bond donors (Lipinski definition) is 2. The summed E-state index contributed by atoms with van der Waals surface area (Å²) < 4.78 is 6.07. The lowest BCUT2D eigenvalue weighted by molar-refractivity contribution is -0.129. The average Bonchev–Trinajstić information content (AvgIpc) is 2.68. The molecule has 0 saturated heterocycles. The van der Waals surface area contributed by atoms with Crippen molar-refractivity contribution in [1.29, 1.82) is 0 Å². The number of ether oxygens (including phenoxy) is 1. The van der Waals surface area contributed by atoms with Crippen LogP contribution >= 0.6 is 0 Å². The number of aliphatic hydroxyl groups is 2. The Morgan fingerprint density at radius 2 is 2.17 bits per heavy atom. The summed E-state index contributed by atoms with van der Waals surface area (Å²) in [6, 6.07) is 1.19. The monoisotopic (exact) mass is 403 g/mol. The van der Waals surface area contributed by atoms with Gasteiger partial charge in [-0.25, -0.2) is 4.98 Å². The Bertz CT molecular complexity index is 814. The van der Waals surface area contributed by atoms with E-state index >= 15 is 0 Å². The van der Waals surface area contributed by atoms with Crippen LogP contribution in [-0.4, -0.2) is 81.8 Å². The van der Waals surface area contributed by atoms with Crippen LogP contribution in [0.4, 0.5) is 0 Å². The van der Waals surface area contributed by atoms with Crippen molar-refractivity contribution in [2.24, 2.45) is 5.92 Å². The molecule has 2 amide bonds. The molecule has 0 saturated carbocycles. The normalized spacial score (nSPS) is 20.9. The number of rotatable bonds is 4. The highest BCUT2D eigenvalue weighted by atomic mass is 16.5. The number of aliphatic hydroxyl groups excluding tert-OH is 2. The van der Waals surface area contributed by atoms with Crippen LogP contribution < -0.4 is 4.74 Å². The first-order valence-corrected chi connectivity index (χ1v) is 9.63. The van der Waals surface area contributed by atoms with Gasteiger partial charge in [-0.1, -0.05) is 18.8 Å². The van der Waals surface area contributed by atoms with E-state index < -0.39 is 12.1 Å². The van der Waals surface area contributed by atoms with E-state index in [2.05, 4.69) is 16.8 Å². The molecule has 0 spiro atoms. The first-order valence-electron chi connectivity index (χ1n) is 9.63. The molecule has 2 N–H and O–H groups in total. The molecule has 0 bridgehead atoms. The third kappa shape index (κ3) is 5.68. The summed E-state index contributed by atoms with van der Waals surface area (Å²) in [6.45, 7) is 7.27. The van der Waals surface area contributed by atoms with Crippen LogP contribution in [0.5, 0.6) is 5.88 Å². The number of carbonyl (C=O) groups is 2. The van der Waals surface area contributed by atoms with Crippen molar-refractivity contribution in [1.82, 2.24) is 14.8 Å². The van der Waals surface area contributed by atoms with Crippen molar-refractivity contribution in [3.8, 4) is 17.7 Å². The number of amides is 2. The maximum absolute atomic E-state index is 13.2. The second kappa shape index (κ2) is 9.72. The van der Waals surface area contributed by atoms with Gasteiger partial charge in [-0.05, 0) is 19.9 Å². The Hall–Kier alpha value is -2.63. The molecule has 8 nitrogen and oxygen atoms in total. The number of nitrogens with zero attached hydrogens (tertiary/aromatic N) is 3. The predicted octanol–water partition coefficient (Wildman–Crippen LogP) is 0.512. The minimum atomic E-state index is -0.804. The summed E-state index contributed by atoms with van der Waals surface area (Å²) in [5.41, 5.74) is 0.717. The SMILES string of the molecule is CC(=O)N(C)C[C@H]1Oc2ncc(C#C[C@H](C)O)cc2C(=O)N([C@H](C)CO)C[C@@H]1C. The van der Waals surface area contributed by atoms with Crippen LogP contribution in [0.2, 0.25) is 0 Å². The van der Waals surface area contributed by atoms with Crippen molar-refractivity contribution in [3.63, 3.8) is 0 Å². The molecule has 1 aromatic heterocycles. The topological polar surface area (TPSA) is 103 Å². The van der Waals surface area contributed by atoms with Gasteiger partial charge in [0.05, 0.1) is 19.2 Å². The first-order chi connectivity index (χ1) is 13.6. The molecule has 0 fully saturated rings. The van der Waals surface area contributed by atoms with E-state index in [0.717, 1.165) is 0 Å². The van der Waals surface area contributed by atoms with Crippen molar-refractivity contribution in [3.05, 3.63) is 23.4 Å². The van der Waals surface area contributed by atoms with Gasteiger partial charge >= 0.3 is 0 Å². The summed E-state index contributed by atoms with van der Waals surface area (Å²) in [6.07, 6.45) is 0.299. The molecular weight excluding hydrogens is 374 g/mol. The Balaban J connectivity index is 2.49. The summed E-state index contributed by atoms with van der Waals surface area (Å²) >= 11 is 0. The minimum absolute atomic E-state index is 0.0866. The van der Waals surface area contributed by atoms with Crippen molar-refractivity contribution < 1.29 is 24.5 Å². The van der Waals surface area contributed by atoms with E-state index in [1.54, 1.807) is 36.8 Å². The highest BCUT2D eigenvalue weighted by Crippen LogP contribution is 2.27. The van der Waals surface area contributed by atoms with E-state index in [9.17, 15) is 19.8 Å². The quantitative estimate of drug-likeness (QED) is 0.710. The molecule has 0 radical (unpaired) electrons. The summed E-state index contributed by atoms with van der Waals surface area (Å²) in [4.78, 5) is 32.3. The van der Waals surface area contributed by atoms with E-state index in [1.807, 2.05) is 6.92 Å². The maximum Gasteiger partial charge on any atom is 0.259 e. The third-order valence-corrected chi connectivity index (χ3v) is 4.94. The fourth-order valence-corrected chi connectivity index (χ4v) is 2.97. The number of pyridine rings is 1. The molecule has 1 aromatic rings. The second-order valence-electron chi connectivity index (χ2n) is 7.54. The maximum atomic E-state index is 13.2. The van der Waals surface area contributed by atoms with E-state index in [0.29, 0.717) is 18.7 Å². The Labute approximate surface area is 171 Å². The molecule has 8 heteroatoms. The van der Waals surface area contributed by atoms with Gasteiger partial charge in [0, 0.05) is 38.2 Å². The van der Waals surface area contributed by atoms with Gasteiger partial charge in [0.1, 0.15) is 17.8 Å². The first kappa shape index (κ1) is 22.7. The van der Waals surface area contributed by atoms with E-state index in [-0.39, 0.29) is 41.9 Å². The third-order valence-electron chi connectivity index (χ3n) is 4.94. The molecule has 4 atom stereocenters. The largest absolute Gasteiger partial charge is 0.472 e. The lowest BCUT2D eigenvalue weighted by atomic mass is 10.00. The summed E-state index contributed by atoms with van der Waals surface area (Å²) in [5.74, 6) is 5.09. The molecule has 0 aliphatic carbocycles. The molecule has 1 aliphatic heterocycles. The van der Waals surface area contributed by atoms with Crippen LogP contribution in [0.15, 0.2) is 12.3 Å². The highest BCUT2D eigenvalue weighted by molar-refractivity contribution is 5.97. The average molecular weight is 403 g/mol.